The lowest BCUT2D eigenvalue weighted by atomic mass is 9.96. The van der Waals surface area contributed by atoms with Crippen molar-refractivity contribution in [2.75, 3.05) is 7.11 Å². The summed E-state index contributed by atoms with van der Waals surface area (Å²) in [5.41, 5.74) is 1.06. The molecule has 0 fully saturated rings. The van der Waals surface area contributed by atoms with Gasteiger partial charge in [-0.05, 0) is 28.5 Å². The highest BCUT2D eigenvalue weighted by molar-refractivity contribution is 5.89. The summed E-state index contributed by atoms with van der Waals surface area (Å²) in [5, 5.41) is 2.22. The number of aldehydes is 1. The Bertz CT molecular complexity index is 517. The van der Waals surface area contributed by atoms with Crippen molar-refractivity contribution in [3.63, 3.8) is 0 Å². The monoisotopic (exact) mass is 214 g/mol. The summed E-state index contributed by atoms with van der Waals surface area (Å²) in [6.45, 7) is 1.91. The van der Waals surface area contributed by atoms with Gasteiger partial charge in [0.2, 0.25) is 0 Å². The lowest BCUT2D eigenvalue weighted by Gasteiger charge is -2.09. The Hall–Kier alpha value is -1.83. The normalized spacial score (nSPS) is 12.4. The maximum atomic E-state index is 10.8. The van der Waals surface area contributed by atoms with Crippen LogP contribution in [-0.4, -0.2) is 13.4 Å². The fourth-order valence-corrected chi connectivity index (χ4v) is 1.88. The van der Waals surface area contributed by atoms with Gasteiger partial charge >= 0.3 is 0 Å². The third-order valence-electron chi connectivity index (χ3n) is 2.82. The van der Waals surface area contributed by atoms with Gasteiger partial charge in [-0.1, -0.05) is 31.2 Å². The van der Waals surface area contributed by atoms with E-state index in [9.17, 15) is 4.79 Å². The fourth-order valence-electron chi connectivity index (χ4n) is 1.88. The van der Waals surface area contributed by atoms with Crippen molar-refractivity contribution in [2.24, 2.45) is 0 Å². The second kappa shape index (κ2) is 4.35. The SMILES string of the molecule is COc1ccc2c([C@@H](C)C=O)cccc2c1. The lowest BCUT2D eigenvalue weighted by molar-refractivity contribution is -0.108. The zero-order valence-corrected chi connectivity index (χ0v) is 9.44. The molecular formula is C14H14O2. The number of carbonyl (C=O) groups is 1. The molecule has 2 aromatic carbocycles. The molecule has 2 heteroatoms. The van der Waals surface area contributed by atoms with Crippen LogP contribution >= 0.6 is 0 Å². The van der Waals surface area contributed by atoms with Gasteiger partial charge in [0.25, 0.3) is 0 Å². The van der Waals surface area contributed by atoms with E-state index in [1.807, 2.05) is 43.3 Å². The molecule has 0 amide bonds. The summed E-state index contributed by atoms with van der Waals surface area (Å²) in [4.78, 5) is 10.8. The van der Waals surface area contributed by atoms with Crippen molar-refractivity contribution in [3.8, 4) is 5.75 Å². The molecule has 0 aliphatic carbocycles. The highest BCUT2D eigenvalue weighted by Gasteiger charge is 2.08. The van der Waals surface area contributed by atoms with Crippen molar-refractivity contribution in [1.82, 2.24) is 0 Å². The summed E-state index contributed by atoms with van der Waals surface area (Å²) in [7, 11) is 1.65. The Balaban J connectivity index is 2.64. The Morgan fingerprint density at radius 2 is 2.06 bits per heavy atom. The Morgan fingerprint density at radius 1 is 1.25 bits per heavy atom. The Morgan fingerprint density at radius 3 is 2.75 bits per heavy atom. The smallest absolute Gasteiger partial charge is 0.127 e. The highest BCUT2D eigenvalue weighted by Crippen LogP contribution is 2.27. The van der Waals surface area contributed by atoms with Crippen LogP contribution in [0.4, 0.5) is 0 Å². The molecule has 0 bridgehead atoms. The van der Waals surface area contributed by atoms with E-state index in [-0.39, 0.29) is 5.92 Å². The minimum atomic E-state index is -0.0721. The van der Waals surface area contributed by atoms with E-state index in [2.05, 4.69) is 0 Å². The average molecular weight is 214 g/mol. The van der Waals surface area contributed by atoms with Crippen LogP contribution in [0, 0.1) is 0 Å². The van der Waals surface area contributed by atoms with Crippen LogP contribution in [0.1, 0.15) is 18.4 Å². The van der Waals surface area contributed by atoms with E-state index >= 15 is 0 Å². The first-order chi connectivity index (χ1) is 7.76. The number of hydrogen-bond donors (Lipinski definition) is 0. The quantitative estimate of drug-likeness (QED) is 0.734. The molecular weight excluding hydrogens is 200 g/mol. The van der Waals surface area contributed by atoms with Crippen molar-refractivity contribution in [1.29, 1.82) is 0 Å². The van der Waals surface area contributed by atoms with Gasteiger partial charge in [0.1, 0.15) is 12.0 Å². The molecule has 0 aliphatic rings. The van der Waals surface area contributed by atoms with E-state index < -0.39 is 0 Å². The Kier molecular flexibility index (Phi) is 2.91. The number of fused-ring (bicyclic) bond motifs is 1. The van der Waals surface area contributed by atoms with E-state index in [1.165, 1.54) is 0 Å². The van der Waals surface area contributed by atoms with Crippen LogP contribution in [0.25, 0.3) is 10.8 Å². The van der Waals surface area contributed by atoms with E-state index in [0.29, 0.717) is 0 Å². The van der Waals surface area contributed by atoms with Crippen molar-refractivity contribution in [2.45, 2.75) is 12.8 Å². The second-order valence-electron chi connectivity index (χ2n) is 3.86. The molecule has 0 saturated carbocycles. The predicted octanol–water partition coefficient (Wildman–Crippen LogP) is 3.15. The van der Waals surface area contributed by atoms with Gasteiger partial charge in [0.05, 0.1) is 7.11 Å². The summed E-state index contributed by atoms with van der Waals surface area (Å²) < 4.78 is 5.18. The van der Waals surface area contributed by atoms with Gasteiger partial charge in [-0.2, -0.15) is 0 Å². The predicted molar refractivity (Wildman–Crippen MR) is 65.0 cm³/mol. The third kappa shape index (κ3) is 1.78. The number of benzene rings is 2. The molecule has 82 valence electrons. The third-order valence-corrected chi connectivity index (χ3v) is 2.82. The zero-order valence-electron chi connectivity index (χ0n) is 9.44. The minimum absolute atomic E-state index is 0.0721. The van der Waals surface area contributed by atoms with Crippen LogP contribution in [0.3, 0.4) is 0 Å². The maximum Gasteiger partial charge on any atom is 0.127 e. The zero-order chi connectivity index (χ0) is 11.5. The largest absolute Gasteiger partial charge is 0.497 e. The summed E-state index contributed by atoms with van der Waals surface area (Å²) in [6, 6.07) is 11.9. The van der Waals surface area contributed by atoms with Crippen molar-refractivity contribution < 1.29 is 9.53 Å². The first-order valence-electron chi connectivity index (χ1n) is 5.28. The first-order valence-corrected chi connectivity index (χ1v) is 5.28. The van der Waals surface area contributed by atoms with E-state index in [0.717, 1.165) is 28.4 Å². The van der Waals surface area contributed by atoms with Crippen LogP contribution < -0.4 is 4.74 Å². The lowest BCUT2D eigenvalue weighted by Crippen LogP contribution is -1.95. The minimum Gasteiger partial charge on any atom is -0.497 e. The van der Waals surface area contributed by atoms with Crippen molar-refractivity contribution in [3.05, 3.63) is 42.0 Å². The maximum absolute atomic E-state index is 10.8. The topological polar surface area (TPSA) is 26.3 Å². The van der Waals surface area contributed by atoms with Crippen LogP contribution in [0.2, 0.25) is 0 Å². The summed E-state index contributed by atoms with van der Waals surface area (Å²) in [5.74, 6) is 0.764. The molecule has 0 spiro atoms. The molecule has 0 aliphatic heterocycles. The summed E-state index contributed by atoms with van der Waals surface area (Å²) >= 11 is 0. The molecule has 1 atom stereocenters. The number of rotatable bonds is 3. The van der Waals surface area contributed by atoms with Gasteiger partial charge < -0.3 is 9.53 Å². The summed E-state index contributed by atoms with van der Waals surface area (Å²) in [6.07, 6.45) is 0.971. The van der Waals surface area contributed by atoms with Gasteiger partial charge in [-0.3, -0.25) is 0 Å². The molecule has 0 unspecified atom stereocenters. The number of hydrogen-bond acceptors (Lipinski definition) is 2. The number of carbonyl (C=O) groups excluding carboxylic acids is 1. The van der Waals surface area contributed by atoms with Crippen LogP contribution in [0.5, 0.6) is 5.75 Å². The van der Waals surface area contributed by atoms with Gasteiger partial charge in [-0.15, -0.1) is 0 Å². The molecule has 0 saturated heterocycles. The van der Waals surface area contributed by atoms with Crippen LogP contribution in [-0.2, 0) is 4.79 Å². The Labute approximate surface area is 94.8 Å². The molecule has 2 aromatic rings. The number of ether oxygens (including phenoxy) is 1. The molecule has 2 nitrogen and oxygen atoms in total. The van der Waals surface area contributed by atoms with Gasteiger partial charge in [-0.25, -0.2) is 0 Å². The van der Waals surface area contributed by atoms with Gasteiger partial charge in [0.15, 0.2) is 0 Å². The van der Waals surface area contributed by atoms with Crippen LogP contribution in [0.15, 0.2) is 36.4 Å². The fraction of sp³-hybridized carbons (Fsp3) is 0.214. The standard InChI is InChI=1S/C14H14O2/c1-10(9-15)13-5-3-4-11-8-12(16-2)6-7-14(11)13/h3-10H,1-2H3/t10-/m0/s1. The first kappa shape index (κ1) is 10.7. The highest BCUT2D eigenvalue weighted by atomic mass is 16.5. The second-order valence-corrected chi connectivity index (χ2v) is 3.86. The molecule has 16 heavy (non-hydrogen) atoms. The molecule has 0 aromatic heterocycles. The van der Waals surface area contributed by atoms with E-state index in [4.69, 9.17) is 4.74 Å². The molecule has 0 radical (unpaired) electrons. The van der Waals surface area contributed by atoms with Gasteiger partial charge in [0, 0.05) is 5.92 Å². The van der Waals surface area contributed by atoms with E-state index in [1.54, 1.807) is 7.11 Å². The number of methoxy groups -OCH3 is 1. The molecule has 2 rings (SSSR count). The average Bonchev–Trinajstić information content (AvgIpc) is 2.36. The molecule has 0 heterocycles. The molecule has 0 N–H and O–H groups in total. The van der Waals surface area contributed by atoms with Crippen molar-refractivity contribution >= 4 is 17.1 Å².